The van der Waals surface area contributed by atoms with E-state index in [9.17, 15) is 9.59 Å². The van der Waals surface area contributed by atoms with Crippen molar-refractivity contribution >= 4 is 11.9 Å². The third-order valence-corrected chi connectivity index (χ3v) is 3.06. The van der Waals surface area contributed by atoms with Crippen LogP contribution in [0.2, 0.25) is 0 Å². The van der Waals surface area contributed by atoms with Crippen LogP contribution in [0, 0.1) is 11.8 Å². The molecule has 0 saturated carbocycles. The molecule has 0 radical (unpaired) electrons. The highest BCUT2D eigenvalue weighted by molar-refractivity contribution is 5.77. The first-order chi connectivity index (χ1) is 7.97. The second-order valence-electron chi connectivity index (χ2n) is 4.95. The minimum atomic E-state index is -0.413. The van der Waals surface area contributed by atoms with Gasteiger partial charge in [-0.25, -0.2) is 0 Å². The number of ether oxygens (including phenoxy) is 2. The molecule has 4 nitrogen and oxygen atoms in total. The van der Waals surface area contributed by atoms with E-state index < -0.39 is 6.10 Å². The van der Waals surface area contributed by atoms with Crippen LogP contribution in [0.15, 0.2) is 0 Å². The van der Waals surface area contributed by atoms with Crippen LogP contribution < -0.4 is 0 Å². The van der Waals surface area contributed by atoms with E-state index in [4.69, 9.17) is 9.47 Å². The van der Waals surface area contributed by atoms with Crippen molar-refractivity contribution in [2.24, 2.45) is 11.8 Å². The number of hydrogen-bond donors (Lipinski definition) is 0. The lowest BCUT2D eigenvalue weighted by molar-refractivity contribution is -0.157. The van der Waals surface area contributed by atoms with Gasteiger partial charge in [0, 0.05) is 0 Å². The Bertz CT molecular complexity index is 285. The summed E-state index contributed by atoms with van der Waals surface area (Å²) in [5.41, 5.74) is 0. The Kier molecular flexibility index (Phi) is 4.97. The van der Waals surface area contributed by atoms with Gasteiger partial charge in [-0.05, 0) is 13.3 Å². The normalized spacial score (nSPS) is 28.3. The van der Waals surface area contributed by atoms with Gasteiger partial charge in [-0.15, -0.1) is 0 Å². The molecule has 0 aromatic heterocycles. The Hall–Kier alpha value is -1.06. The van der Waals surface area contributed by atoms with Gasteiger partial charge in [0.05, 0.1) is 11.8 Å². The lowest BCUT2D eigenvalue weighted by atomic mass is 9.95. The smallest absolute Gasteiger partial charge is 0.313 e. The second-order valence-corrected chi connectivity index (χ2v) is 4.95. The highest BCUT2D eigenvalue weighted by Crippen LogP contribution is 2.29. The van der Waals surface area contributed by atoms with E-state index in [2.05, 4.69) is 6.92 Å². The van der Waals surface area contributed by atoms with Gasteiger partial charge in [-0.3, -0.25) is 9.59 Å². The zero-order valence-electron chi connectivity index (χ0n) is 11.1. The lowest BCUT2D eigenvalue weighted by Gasteiger charge is -2.20. The third kappa shape index (κ3) is 3.45. The molecule has 4 heteroatoms. The summed E-state index contributed by atoms with van der Waals surface area (Å²) in [6.07, 6.45) is 1.96. The van der Waals surface area contributed by atoms with Crippen LogP contribution in [-0.2, 0) is 19.1 Å². The SMILES string of the molecule is CCCCC1C(=O)OC(C)C1OC(=O)C(C)C. The van der Waals surface area contributed by atoms with E-state index in [-0.39, 0.29) is 29.9 Å². The maximum Gasteiger partial charge on any atom is 0.313 e. The van der Waals surface area contributed by atoms with Crippen molar-refractivity contribution in [1.82, 2.24) is 0 Å². The van der Waals surface area contributed by atoms with Gasteiger partial charge in [0.1, 0.15) is 6.10 Å². The molecule has 3 unspecified atom stereocenters. The van der Waals surface area contributed by atoms with Crippen molar-refractivity contribution in [2.75, 3.05) is 0 Å². The monoisotopic (exact) mass is 242 g/mol. The molecule has 0 aliphatic carbocycles. The molecule has 98 valence electrons. The highest BCUT2D eigenvalue weighted by Gasteiger charge is 2.44. The van der Waals surface area contributed by atoms with Crippen LogP contribution in [0.1, 0.15) is 47.0 Å². The largest absolute Gasteiger partial charge is 0.458 e. The number of hydrogen-bond acceptors (Lipinski definition) is 4. The van der Waals surface area contributed by atoms with Crippen LogP contribution in [0.25, 0.3) is 0 Å². The highest BCUT2D eigenvalue weighted by atomic mass is 16.6. The zero-order chi connectivity index (χ0) is 13.0. The van der Waals surface area contributed by atoms with E-state index in [1.165, 1.54) is 0 Å². The number of cyclic esters (lactones) is 1. The van der Waals surface area contributed by atoms with Gasteiger partial charge in [0.25, 0.3) is 0 Å². The summed E-state index contributed by atoms with van der Waals surface area (Å²) in [5.74, 6) is -0.952. The van der Waals surface area contributed by atoms with Crippen LogP contribution in [0.5, 0.6) is 0 Å². The van der Waals surface area contributed by atoms with Gasteiger partial charge in [0.15, 0.2) is 6.10 Å². The Morgan fingerprint density at radius 3 is 2.65 bits per heavy atom. The fourth-order valence-corrected chi connectivity index (χ4v) is 1.95. The van der Waals surface area contributed by atoms with Gasteiger partial charge in [-0.1, -0.05) is 33.6 Å². The molecule has 0 spiro atoms. The van der Waals surface area contributed by atoms with E-state index in [1.807, 2.05) is 0 Å². The fraction of sp³-hybridized carbons (Fsp3) is 0.846. The first-order valence-corrected chi connectivity index (χ1v) is 6.38. The van der Waals surface area contributed by atoms with Crippen molar-refractivity contribution < 1.29 is 19.1 Å². The first kappa shape index (κ1) is 14.0. The molecule has 1 heterocycles. The summed E-state index contributed by atoms with van der Waals surface area (Å²) < 4.78 is 10.5. The maximum atomic E-state index is 11.6. The average Bonchev–Trinajstić information content (AvgIpc) is 2.51. The number of carbonyl (C=O) groups is 2. The summed E-state index contributed by atoms with van der Waals surface area (Å²) in [6, 6.07) is 0. The Labute approximate surface area is 103 Å². The van der Waals surface area contributed by atoms with Crippen molar-refractivity contribution in [1.29, 1.82) is 0 Å². The van der Waals surface area contributed by atoms with Crippen molar-refractivity contribution in [2.45, 2.75) is 59.2 Å². The maximum absolute atomic E-state index is 11.6. The van der Waals surface area contributed by atoms with E-state index in [1.54, 1.807) is 20.8 Å². The summed E-state index contributed by atoms with van der Waals surface area (Å²) in [4.78, 5) is 23.2. The predicted octanol–water partition coefficient (Wildman–Crippen LogP) is 2.31. The zero-order valence-corrected chi connectivity index (χ0v) is 11.1. The van der Waals surface area contributed by atoms with E-state index in [0.717, 1.165) is 19.3 Å². The quantitative estimate of drug-likeness (QED) is 0.694. The van der Waals surface area contributed by atoms with Crippen molar-refractivity contribution in [3.8, 4) is 0 Å². The molecule has 1 saturated heterocycles. The molecular formula is C13H22O4. The van der Waals surface area contributed by atoms with Gasteiger partial charge >= 0.3 is 11.9 Å². The summed E-state index contributed by atoms with van der Waals surface area (Å²) in [7, 11) is 0. The topological polar surface area (TPSA) is 52.6 Å². The number of esters is 2. The summed E-state index contributed by atoms with van der Waals surface area (Å²) in [5, 5.41) is 0. The molecule has 0 aromatic carbocycles. The second kappa shape index (κ2) is 6.03. The number of rotatable bonds is 5. The van der Waals surface area contributed by atoms with Gasteiger partial charge in [0.2, 0.25) is 0 Å². The summed E-state index contributed by atoms with van der Waals surface area (Å²) in [6.45, 7) is 7.42. The van der Waals surface area contributed by atoms with E-state index in [0.29, 0.717) is 0 Å². The molecule has 1 aliphatic heterocycles. The molecule has 1 rings (SSSR count). The number of unbranched alkanes of at least 4 members (excludes halogenated alkanes) is 1. The molecular weight excluding hydrogens is 220 g/mol. The van der Waals surface area contributed by atoms with Crippen LogP contribution in [0.4, 0.5) is 0 Å². The molecule has 17 heavy (non-hydrogen) atoms. The van der Waals surface area contributed by atoms with Crippen molar-refractivity contribution in [3.05, 3.63) is 0 Å². The summed E-state index contributed by atoms with van der Waals surface area (Å²) >= 11 is 0. The minimum Gasteiger partial charge on any atom is -0.458 e. The third-order valence-electron chi connectivity index (χ3n) is 3.06. The molecule has 3 atom stereocenters. The Morgan fingerprint density at radius 2 is 2.12 bits per heavy atom. The molecule has 0 N–H and O–H groups in total. The van der Waals surface area contributed by atoms with Gasteiger partial charge < -0.3 is 9.47 Å². The number of carbonyl (C=O) groups excluding carboxylic acids is 2. The van der Waals surface area contributed by atoms with Crippen LogP contribution >= 0.6 is 0 Å². The van der Waals surface area contributed by atoms with Crippen LogP contribution in [0.3, 0.4) is 0 Å². The molecule has 0 aromatic rings. The Morgan fingerprint density at radius 1 is 1.47 bits per heavy atom. The lowest BCUT2D eigenvalue weighted by Crippen LogP contribution is -2.32. The van der Waals surface area contributed by atoms with Gasteiger partial charge in [-0.2, -0.15) is 0 Å². The minimum absolute atomic E-state index is 0.176. The Balaban J connectivity index is 2.65. The molecule has 1 aliphatic rings. The van der Waals surface area contributed by atoms with E-state index >= 15 is 0 Å². The van der Waals surface area contributed by atoms with Crippen molar-refractivity contribution in [3.63, 3.8) is 0 Å². The molecule has 0 bridgehead atoms. The van der Waals surface area contributed by atoms with Crippen LogP contribution in [-0.4, -0.2) is 24.1 Å². The predicted molar refractivity (Wildman–Crippen MR) is 63.3 cm³/mol. The molecule has 1 fully saturated rings. The average molecular weight is 242 g/mol. The molecule has 0 amide bonds. The fourth-order valence-electron chi connectivity index (χ4n) is 1.95. The first-order valence-electron chi connectivity index (χ1n) is 6.38. The standard InChI is InChI=1S/C13H22O4/c1-5-6-7-10-11(9(4)16-13(10)15)17-12(14)8(2)3/h8-11H,5-7H2,1-4H3.